The summed E-state index contributed by atoms with van der Waals surface area (Å²) in [5.74, 6) is 0. The Morgan fingerprint density at radius 1 is 1.26 bits per heavy atom. The van der Waals surface area contributed by atoms with Gasteiger partial charge >= 0.3 is 0 Å². The van der Waals surface area contributed by atoms with Gasteiger partial charge in [-0.15, -0.1) is 0 Å². The molecule has 0 unspecified atom stereocenters. The van der Waals surface area contributed by atoms with Gasteiger partial charge in [-0.2, -0.15) is 0 Å². The van der Waals surface area contributed by atoms with Crippen LogP contribution in [0.15, 0.2) is 18.2 Å². The molecule has 0 atom stereocenters. The molecule has 1 aliphatic rings. The van der Waals surface area contributed by atoms with E-state index in [1.54, 1.807) is 0 Å². The van der Waals surface area contributed by atoms with Gasteiger partial charge in [-0.05, 0) is 37.0 Å². The van der Waals surface area contributed by atoms with Crippen LogP contribution >= 0.6 is 0 Å². The molecule has 0 heterocycles. The highest BCUT2D eigenvalue weighted by Crippen LogP contribution is 2.29. The fourth-order valence-corrected chi connectivity index (χ4v) is 3.17. The minimum atomic E-state index is 0.217. The lowest BCUT2D eigenvalue weighted by molar-refractivity contribution is 0.290. The van der Waals surface area contributed by atoms with Gasteiger partial charge in [0.1, 0.15) is 0 Å². The number of nitrogens with zero attached hydrogens (tertiary/aromatic N) is 1. The topological polar surface area (TPSA) is 49.5 Å². The second-order valence-electron chi connectivity index (χ2n) is 5.53. The van der Waals surface area contributed by atoms with Gasteiger partial charge in [0, 0.05) is 24.8 Å². The van der Waals surface area contributed by atoms with Crippen LogP contribution in [0.2, 0.25) is 0 Å². The first-order chi connectivity index (χ1) is 9.26. The van der Waals surface area contributed by atoms with Crippen LogP contribution in [0.25, 0.3) is 0 Å². The summed E-state index contributed by atoms with van der Waals surface area (Å²) >= 11 is 0. The number of anilines is 1. The van der Waals surface area contributed by atoms with Gasteiger partial charge in [0.15, 0.2) is 0 Å². The van der Waals surface area contributed by atoms with Crippen molar-refractivity contribution in [1.29, 1.82) is 0 Å². The zero-order valence-corrected chi connectivity index (χ0v) is 11.9. The van der Waals surface area contributed by atoms with E-state index in [0.717, 1.165) is 6.54 Å². The average Bonchev–Trinajstić information content (AvgIpc) is 2.46. The fraction of sp³-hybridized carbons (Fsp3) is 0.625. The highest BCUT2D eigenvalue weighted by molar-refractivity contribution is 5.55. The summed E-state index contributed by atoms with van der Waals surface area (Å²) < 4.78 is 0. The van der Waals surface area contributed by atoms with Gasteiger partial charge in [0.05, 0.1) is 6.61 Å². The van der Waals surface area contributed by atoms with E-state index in [-0.39, 0.29) is 6.61 Å². The summed E-state index contributed by atoms with van der Waals surface area (Å²) in [5.41, 5.74) is 9.40. The van der Waals surface area contributed by atoms with Gasteiger partial charge in [0.25, 0.3) is 0 Å². The third-order valence-corrected chi connectivity index (χ3v) is 4.16. The van der Waals surface area contributed by atoms with Crippen molar-refractivity contribution in [2.75, 3.05) is 18.1 Å². The summed E-state index contributed by atoms with van der Waals surface area (Å²) in [6, 6.07) is 7.03. The van der Waals surface area contributed by atoms with Gasteiger partial charge in [-0.3, -0.25) is 0 Å². The zero-order chi connectivity index (χ0) is 13.7. The Morgan fingerprint density at radius 3 is 2.58 bits per heavy atom. The number of nitrogens with two attached hydrogens (primary N) is 1. The molecule has 3 nitrogen and oxygen atoms in total. The first-order valence-electron chi connectivity index (χ1n) is 7.43. The minimum absolute atomic E-state index is 0.217. The first kappa shape index (κ1) is 14.4. The van der Waals surface area contributed by atoms with Crippen LogP contribution < -0.4 is 10.6 Å². The maximum Gasteiger partial charge on any atom is 0.0606 e. The van der Waals surface area contributed by atoms with E-state index >= 15 is 0 Å². The monoisotopic (exact) mass is 262 g/mol. The minimum Gasteiger partial charge on any atom is -0.395 e. The summed E-state index contributed by atoms with van der Waals surface area (Å²) in [5, 5.41) is 9.36. The molecule has 1 aromatic rings. The first-order valence-corrected chi connectivity index (χ1v) is 7.43. The van der Waals surface area contributed by atoms with Crippen LogP contribution in [0, 0.1) is 6.92 Å². The molecule has 0 spiro atoms. The zero-order valence-electron chi connectivity index (χ0n) is 11.9. The molecule has 106 valence electrons. The molecule has 0 radical (unpaired) electrons. The molecule has 2 rings (SSSR count). The van der Waals surface area contributed by atoms with Crippen LogP contribution in [0.1, 0.15) is 43.2 Å². The van der Waals surface area contributed by atoms with E-state index < -0.39 is 0 Å². The van der Waals surface area contributed by atoms with Crippen molar-refractivity contribution in [1.82, 2.24) is 0 Å². The van der Waals surface area contributed by atoms with E-state index in [4.69, 9.17) is 5.73 Å². The average molecular weight is 262 g/mol. The summed E-state index contributed by atoms with van der Waals surface area (Å²) in [6.45, 7) is 3.67. The Balaban J connectivity index is 2.22. The molecule has 1 fully saturated rings. The lowest BCUT2D eigenvalue weighted by Gasteiger charge is -2.36. The van der Waals surface area contributed by atoms with Crippen LogP contribution in [-0.4, -0.2) is 24.3 Å². The highest BCUT2D eigenvalue weighted by Gasteiger charge is 2.22. The number of rotatable bonds is 5. The van der Waals surface area contributed by atoms with Gasteiger partial charge < -0.3 is 15.7 Å². The number of hydrogen-bond donors (Lipinski definition) is 2. The lowest BCUT2D eigenvalue weighted by Crippen LogP contribution is -2.39. The molecule has 1 aromatic carbocycles. The van der Waals surface area contributed by atoms with Crippen LogP contribution in [-0.2, 0) is 6.54 Å². The van der Waals surface area contributed by atoms with Crippen LogP contribution in [0.5, 0.6) is 0 Å². The Hall–Kier alpha value is -1.06. The Labute approximate surface area is 116 Å². The molecule has 3 heteroatoms. The Kier molecular flexibility index (Phi) is 5.23. The largest absolute Gasteiger partial charge is 0.395 e. The third kappa shape index (κ3) is 3.48. The van der Waals surface area contributed by atoms with Crippen LogP contribution in [0.3, 0.4) is 0 Å². The maximum atomic E-state index is 9.36. The molecule has 3 N–H and O–H groups in total. The van der Waals surface area contributed by atoms with Crippen molar-refractivity contribution in [3.05, 3.63) is 29.3 Å². The summed E-state index contributed by atoms with van der Waals surface area (Å²) in [7, 11) is 0. The lowest BCUT2D eigenvalue weighted by atomic mass is 9.93. The van der Waals surface area contributed by atoms with Gasteiger partial charge in [-0.1, -0.05) is 31.4 Å². The Morgan fingerprint density at radius 2 is 2.00 bits per heavy atom. The van der Waals surface area contributed by atoms with Crippen LogP contribution in [0.4, 0.5) is 5.69 Å². The molecule has 0 saturated heterocycles. The number of hydrogen-bond acceptors (Lipinski definition) is 3. The second-order valence-corrected chi connectivity index (χ2v) is 5.53. The van der Waals surface area contributed by atoms with Crippen molar-refractivity contribution in [2.24, 2.45) is 5.73 Å². The molecule has 0 aliphatic heterocycles. The van der Waals surface area contributed by atoms with Crippen molar-refractivity contribution in [3.63, 3.8) is 0 Å². The van der Waals surface area contributed by atoms with Crippen molar-refractivity contribution in [3.8, 4) is 0 Å². The smallest absolute Gasteiger partial charge is 0.0606 e. The SMILES string of the molecule is Cc1cc(CN)ccc1N(CCO)C1CCCCC1. The molecule has 0 amide bonds. The van der Waals surface area contributed by atoms with Gasteiger partial charge in [-0.25, -0.2) is 0 Å². The van der Waals surface area contributed by atoms with E-state index in [1.807, 2.05) is 0 Å². The normalized spacial score (nSPS) is 16.6. The van der Waals surface area contributed by atoms with Gasteiger partial charge in [0.2, 0.25) is 0 Å². The quantitative estimate of drug-likeness (QED) is 0.857. The standard InChI is InChI=1S/C16H26N2O/c1-13-11-14(12-17)7-8-16(13)18(9-10-19)15-5-3-2-4-6-15/h7-8,11,15,19H,2-6,9-10,12,17H2,1H3. The predicted octanol–water partition coefficient (Wildman–Crippen LogP) is 2.59. The molecule has 19 heavy (non-hydrogen) atoms. The number of benzene rings is 1. The predicted molar refractivity (Wildman–Crippen MR) is 80.4 cm³/mol. The van der Waals surface area contributed by atoms with E-state index in [2.05, 4.69) is 30.0 Å². The molecular formula is C16H26N2O. The fourth-order valence-electron chi connectivity index (χ4n) is 3.17. The molecule has 0 aromatic heterocycles. The van der Waals surface area contributed by atoms with Crippen molar-refractivity contribution < 1.29 is 5.11 Å². The highest BCUT2D eigenvalue weighted by atomic mass is 16.3. The summed E-state index contributed by atoms with van der Waals surface area (Å²) in [4.78, 5) is 2.40. The molecule has 1 saturated carbocycles. The third-order valence-electron chi connectivity index (χ3n) is 4.16. The van der Waals surface area contributed by atoms with Crippen molar-refractivity contribution in [2.45, 2.75) is 51.6 Å². The van der Waals surface area contributed by atoms with E-state index in [9.17, 15) is 5.11 Å². The maximum absolute atomic E-state index is 9.36. The molecule has 1 aliphatic carbocycles. The number of aliphatic hydroxyl groups is 1. The molecule has 0 bridgehead atoms. The van der Waals surface area contributed by atoms with Crippen molar-refractivity contribution >= 4 is 5.69 Å². The summed E-state index contributed by atoms with van der Waals surface area (Å²) in [6.07, 6.45) is 6.48. The number of aliphatic hydroxyl groups excluding tert-OH is 1. The van der Waals surface area contributed by atoms with E-state index in [0.29, 0.717) is 12.6 Å². The Bertz CT molecular complexity index is 400. The van der Waals surface area contributed by atoms with E-state index in [1.165, 1.54) is 48.9 Å². The number of aryl methyl sites for hydroxylation is 1. The molecular weight excluding hydrogens is 236 g/mol. The second kappa shape index (κ2) is 6.92.